The molecule has 0 aromatic heterocycles. The molecule has 0 saturated heterocycles. The second-order valence-electron chi connectivity index (χ2n) is 7.52. The van der Waals surface area contributed by atoms with E-state index in [0.717, 1.165) is 11.1 Å². The number of phenolic OH excluding ortho intramolecular Hbond substituents is 1. The van der Waals surface area contributed by atoms with Gasteiger partial charge in [-0.05, 0) is 42.7 Å². The highest BCUT2D eigenvalue weighted by Crippen LogP contribution is 2.19. The van der Waals surface area contributed by atoms with E-state index in [1.807, 2.05) is 61.5 Å². The molecule has 0 aliphatic carbocycles. The molecular formula is C29H26O4. The number of benzene rings is 4. The zero-order valence-electron chi connectivity index (χ0n) is 18.4. The number of carbonyl (C=O) groups is 2. The molecule has 0 spiro atoms. The van der Waals surface area contributed by atoms with E-state index < -0.39 is 0 Å². The van der Waals surface area contributed by atoms with E-state index in [0.29, 0.717) is 28.7 Å². The Kier molecular flexibility index (Phi) is 8.28. The van der Waals surface area contributed by atoms with Gasteiger partial charge < -0.3 is 10.2 Å². The first kappa shape index (κ1) is 23.6. The summed E-state index contributed by atoms with van der Waals surface area (Å²) in [4.78, 5) is 24.4. The topological polar surface area (TPSA) is 74.6 Å². The second kappa shape index (κ2) is 11.6. The molecule has 4 nitrogen and oxygen atoms in total. The van der Waals surface area contributed by atoms with Crippen LogP contribution in [-0.2, 0) is 6.42 Å². The fraction of sp³-hybridized carbons (Fsp3) is 0.103. The van der Waals surface area contributed by atoms with Crippen molar-refractivity contribution in [3.05, 3.63) is 137 Å². The van der Waals surface area contributed by atoms with Crippen LogP contribution in [0.2, 0.25) is 0 Å². The number of carbonyl (C=O) groups excluding carboxylic acids is 2. The van der Waals surface area contributed by atoms with Crippen LogP contribution in [-0.4, -0.2) is 28.4 Å². The zero-order valence-corrected chi connectivity index (χ0v) is 18.4. The number of aryl methyl sites for hydroxylation is 1. The molecule has 0 atom stereocenters. The summed E-state index contributed by atoms with van der Waals surface area (Å²) in [6.07, 6.45) is 0.509. The fourth-order valence-corrected chi connectivity index (χ4v) is 3.47. The Labute approximate surface area is 193 Å². The maximum atomic E-state index is 12.3. The van der Waals surface area contributed by atoms with Crippen LogP contribution in [0.15, 0.2) is 103 Å². The molecule has 0 saturated carbocycles. The summed E-state index contributed by atoms with van der Waals surface area (Å²) in [5, 5.41) is 18.3. The number of rotatable bonds is 6. The quantitative estimate of drug-likeness (QED) is 0.396. The van der Waals surface area contributed by atoms with E-state index >= 15 is 0 Å². The second-order valence-corrected chi connectivity index (χ2v) is 7.52. The lowest BCUT2D eigenvalue weighted by Gasteiger charge is -2.07. The van der Waals surface area contributed by atoms with Crippen molar-refractivity contribution in [2.24, 2.45) is 0 Å². The van der Waals surface area contributed by atoms with E-state index in [-0.39, 0.29) is 23.9 Å². The van der Waals surface area contributed by atoms with Crippen molar-refractivity contribution < 1.29 is 19.8 Å². The molecule has 0 unspecified atom stereocenters. The van der Waals surface area contributed by atoms with Crippen LogP contribution in [0.1, 0.15) is 43.0 Å². The summed E-state index contributed by atoms with van der Waals surface area (Å²) >= 11 is 0. The molecule has 33 heavy (non-hydrogen) atoms. The Morgan fingerprint density at radius 2 is 1.18 bits per heavy atom. The Hall–Kier alpha value is -4.02. The molecule has 166 valence electrons. The van der Waals surface area contributed by atoms with Crippen molar-refractivity contribution in [1.82, 2.24) is 0 Å². The Morgan fingerprint density at radius 1 is 0.667 bits per heavy atom. The minimum absolute atomic E-state index is 0.00894. The molecule has 4 rings (SSSR count). The van der Waals surface area contributed by atoms with Gasteiger partial charge in [0.05, 0.1) is 0 Å². The van der Waals surface area contributed by atoms with Gasteiger partial charge in [-0.2, -0.15) is 0 Å². The van der Waals surface area contributed by atoms with E-state index in [1.54, 1.807) is 42.5 Å². The Bertz CT molecular complexity index is 1210. The molecular weight excluding hydrogens is 412 g/mol. The van der Waals surface area contributed by atoms with Gasteiger partial charge in [0.15, 0.2) is 11.6 Å². The molecule has 0 fully saturated rings. The third-order valence-corrected chi connectivity index (χ3v) is 5.17. The summed E-state index contributed by atoms with van der Waals surface area (Å²) in [6.45, 7) is 1.87. The minimum atomic E-state index is -0.0156. The van der Waals surface area contributed by atoms with Crippen LogP contribution in [0, 0.1) is 6.92 Å². The van der Waals surface area contributed by atoms with Crippen LogP contribution in [0.4, 0.5) is 0 Å². The van der Waals surface area contributed by atoms with Crippen molar-refractivity contribution >= 4 is 11.6 Å². The molecule has 0 amide bonds. The number of aliphatic hydroxyl groups is 1. The van der Waals surface area contributed by atoms with E-state index in [9.17, 15) is 14.7 Å². The highest BCUT2D eigenvalue weighted by atomic mass is 16.3. The molecule has 4 aromatic carbocycles. The molecule has 0 heterocycles. The number of aromatic hydroxyl groups is 1. The largest absolute Gasteiger partial charge is 0.508 e. The summed E-state index contributed by atoms with van der Waals surface area (Å²) in [5.41, 5.74) is 4.32. The Morgan fingerprint density at radius 3 is 1.73 bits per heavy atom. The lowest BCUT2D eigenvalue weighted by Crippen LogP contribution is -2.06. The highest BCUT2D eigenvalue weighted by molar-refractivity contribution is 6.10. The lowest BCUT2D eigenvalue weighted by molar-refractivity contribution is 0.103. The van der Waals surface area contributed by atoms with E-state index in [1.165, 1.54) is 6.07 Å². The van der Waals surface area contributed by atoms with Gasteiger partial charge in [0.1, 0.15) is 5.75 Å². The van der Waals surface area contributed by atoms with Crippen molar-refractivity contribution in [3.63, 3.8) is 0 Å². The first-order chi connectivity index (χ1) is 16.0. The molecule has 0 radical (unpaired) electrons. The summed E-state index contributed by atoms with van der Waals surface area (Å²) < 4.78 is 0. The molecule has 0 aliphatic heterocycles. The van der Waals surface area contributed by atoms with Gasteiger partial charge in [0, 0.05) is 28.9 Å². The van der Waals surface area contributed by atoms with Crippen molar-refractivity contribution in [2.45, 2.75) is 13.3 Å². The van der Waals surface area contributed by atoms with E-state index in [2.05, 4.69) is 0 Å². The van der Waals surface area contributed by atoms with Gasteiger partial charge in [-0.15, -0.1) is 0 Å². The number of ketones is 2. The first-order valence-corrected chi connectivity index (χ1v) is 10.7. The first-order valence-electron chi connectivity index (χ1n) is 10.7. The van der Waals surface area contributed by atoms with Crippen molar-refractivity contribution in [3.8, 4) is 5.75 Å². The summed E-state index contributed by atoms with van der Waals surface area (Å²) in [5.74, 6) is 0.176. The molecule has 2 N–H and O–H groups in total. The van der Waals surface area contributed by atoms with Crippen LogP contribution < -0.4 is 0 Å². The number of phenols is 1. The average Bonchev–Trinajstić information content (AvgIpc) is 2.85. The average molecular weight is 439 g/mol. The fourth-order valence-electron chi connectivity index (χ4n) is 3.47. The lowest BCUT2D eigenvalue weighted by atomic mass is 9.97. The van der Waals surface area contributed by atoms with E-state index in [4.69, 9.17) is 5.11 Å². The minimum Gasteiger partial charge on any atom is -0.508 e. The van der Waals surface area contributed by atoms with Crippen molar-refractivity contribution in [2.75, 3.05) is 6.61 Å². The normalized spacial score (nSPS) is 10.1. The predicted molar refractivity (Wildman–Crippen MR) is 130 cm³/mol. The Balaban J connectivity index is 0.000000186. The van der Waals surface area contributed by atoms with Crippen LogP contribution in [0.3, 0.4) is 0 Å². The third-order valence-electron chi connectivity index (χ3n) is 5.17. The highest BCUT2D eigenvalue weighted by Gasteiger charge is 2.12. The SMILES string of the molecule is Cc1cc(O)ccc1C(=O)c1ccccc1.O=C(c1ccccc1)c1ccccc1CCO. The van der Waals surface area contributed by atoms with Gasteiger partial charge in [-0.1, -0.05) is 84.9 Å². The van der Waals surface area contributed by atoms with Crippen LogP contribution in [0.25, 0.3) is 0 Å². The van der Waals surface area contributed by atoms with Crippen molar-refractivity contribution in [1.29, 1.82) is 0 Å². The third kappa shape index (κ3) is 6.25. The predicted octanol–water partition coefficient (Wildman–Crippen LogP) is 5.38. The number of hydrogen-bond acceptors (Lipinski definition) is 4. The maximum Gasteiger partial charge on any atom is 0.193 e. The summed E-state index contributed by atoms with van der Waals surface area (Å²) in [6, 6.07) is 30.5. The van der Waals surface area contributed by atoms with Gasteiger partial charge in [0.2, 0.25) is 0 Å². The maximum absolute atomic E-state index is 12.3. The number of aliphatic hydroxyl groups excluding tert-OH is 1. The standard InChI is InChI=1S/C15H14O2.C14H12O2/c16-11-10-12-6-4-5-9-14(12)15(17)13-7-2-1-3-8-13;1-10-9-12(15)7-8-13(10)14(16)11-5-3-2-4-6-11/h1-9,16H,10-11H2;2-9,15H,1H3. The van der Waals surface area contributed by atoms with Gasteiger partial charge in [-0.25, -0.2) is 0 Å². The van der Waals surface area contributed by atoms with Crippen LogP contribution in [0.5, 0.6) is 5.75 Å². The number of hydrogen-bond donors (Lipinski definition) is 2. The molecule has 4 aromatic rings. The van der Waals surface area contributed by atoms with Gasteiger partial charge in [-0.3, -0.25) is 9.59 Å². The smallest absolute Gasteiger partial charge is 0.193 e. The van der Waals surface area contributed by atoms with Gasteiger partial charge >= 0.3 is 0 Å². The zero-order chi connectivity index (χ0) is 23.6. The molecule has 0 aliphatic rings. The molecule has 0 bridgehead atoms. The molecule has 4 heteroatoms. The monoisotopic (exact) mass is 438 g/mol. The summed E-state index contributed by atoms with van der Waals surface area (Å²) in [7, 11) is 0. The van der Waals surface area contributed by atoms with Crippen LogP contribution >= 0.6 is 0 Å². The van der Waals surface area contributed by atoms with Gasteiger partial charge in [0.25, 0.3) is 0 Å².